The van der Waals surface area contributed by atoms with Crippen LogP contribution in [0.1, 0.15) is 23.9 Å². The van der Waals surface area contributed by atoms with Gasteiger partial charge in [-0.15, -0.1) is 0 Å². The molecule has 2 heterocycles. The van der Waals surface area contributed by atoms with E-state index in [-0.39, 0.29) is 5.41 Å². The van der Waals surface area contributed by atoms with Crippen molar-refractivity contribution < 1.29 is 0 Å². The van der Waals surface area contributed by atoms with Crippen molar-refractivity contribution in [1.82, 2.24) is 15.1 Å². The van der Waals surface area contributed by atoms with Gasteiger partial charge in [-0.3, -0.25) is 4.68 Å². The van der Waals surface area contributed by atoms with Gasteiger partial charge in [0.25, 0.3) is 0 Å². The lowest BCUT2D eigenvalue weighted by Crippen LogP contribution is -2.58. The summed E-state index contributed by atoms with van der Waals surface area (Å²) in [6, 6.07) is 8.26. The van der Waals surface area contributed by atoms with Crippen molar-refractivity contribution in [3.8, 4) is 0 Å². The molecule has 0 unspecified atom stereocenters. The van der Waals surface area contributed by atoms with Crippen LogP contribution < -0.4 is 5.32 Å². The first-order valence-corrected chi connectivity index (χ1v) is 8.41. The van der Waals surface area contributed by atoms with E-state index in [9.17, 15) is 0 Å². The highest BCUT2D eigenvalue weighted by Gasteiger charge is 2.40. The molecule has 0 saturated carbocycles. The molecule has 0 radical (unpaired) electrons. The van der Waals surface area contributed by atoms with Crippen LogP contribution in [0.25, 0.3) is 0 Å². The summed E-state index contributed by atoms with van der Waals surface area (Å²) in [6.45, 7) is 7.07. The summed E-state index contributed by atoms with van der Waals surface area (Å²) in [7, 11) is 0. The molecular formula is C16H19BrClN3. The number of aromatic nitrogens is 2. The summed E-state index contributed by atoms with van der Waals surface area (Å²) >= 11 is 9.73. The minimum absolute atomic E-state index is 0.145. The first-order chi connectivity index (χ1) is 10.1. The average Bonchev–Trinajstić information content (AvgIpc) is 2.71. The predicted molar refractivity (Wildman–Crippen MR) is 90.0 cm³/mol. The largest absolute Gasteiger partial charge is 0.315 e. The van der Waals surface area contributed by atoms with Crippen molar-refractivity contribution >= 4 is 27.5 Å². The molecule has 0 bridgehead atoms. The van der Waals surface area contributed by atoms with Gasteiger partial charge in [-0.2, -0.15) is 5.10 Å². The Morgan fingerprint density at radius 1 is 1.33 bits per heavy atom. The third kappa shape index (κ3) is 2.65. The normalized spacial score (nSPS) is 16.8. The minimum atomic E-state index is 0.145. The fourth-order valence-electron chi connectivity index (χ4n) is 3.02. The van der Waals surface area contributed by atoms with Gasteiger partial charge in [-0.1, -0.05) is 23.7 Å². The molecule has 0 aliphatic carbocycles. The first-order valence-electron chi connectivity index (χ1n) is 7.24. The fourth-order valence-corrected chi connectivity index (χ4v) is 3.57. The quantitative estimate of drug-likeness (QED) is 0.891. The van der Waals surface area contributed by atoms with Crippen molar-refractivity contribution in [1.29, 1.82) is 0 Å². The molecule has 1 aliphatic heterocycles. The molecule has 1 fully saturated rings. The van der Waals surface area contributed by atoms with Gasteiger partial charge in [0.15, 0.2) is 0 Å². The Morgan fingerprint density at radius 3 is 2.52 bits per heavy atom. The third-order valence-electron chi connectivity index (χ3n) is 4.34. The van der Waals surface area contributed by atoms with E-state index in [2.05, 4.69) is 50.1 Å². The lowest BCUT2D eigenvalue weighted by atomic mass is 9.72. The van der Waals surface area contributed by atoms with Crippen LogP contribution in [0.2, 0.25) is 5.02 Å². The molecule has 0 amide bonds. The molecule has 21 heavy (non-hydrogen) atoms. The Morgan fingerprint density at radius 2 is 2.00 bits per heavy atom. The van der Waals surface area contributed by atoms with Crippen molar-refractivity contribution in [2.45, 2.75) is 32.2 Å². The maximum Gasteiger partial charge on any atom is 0.0738 e. The Labute approximate surface area is 138 Å². The zero-order valence-electron chi connectivity index (χ0n) is 12.3. The van der Waals surface area contributed by atoms with E-state index in [4.69, 9.17) is 11.6 Å². The molecule has 0 atom stereocenters. The van der Waals surface area contributed by atoms with Gasteiger partial charge in [0.05, 0.1) is 15.9 Å². The maximum atomic E-state index is 6.02. The smallest absolute Gasteiger partial charge is 0.0738 e. The highest BCUT2D eigenvalue weighted by molar-refractivity contribution is 9.10. The second-order valence-electron chi connectivity index (χ2n) is 5.73. The van der Waals surface area contributed by atoms with Gasteiger partial charge in [-0.05, 0) is 47.5 Å². The van der Waals surface area contributed by atoms with Gasteiger partial charge in [-0.25, -0.2) is 0 Å². The lowest BCUT2D eigenvalue weighted by molar-refractivity contribution is 0.268. The molecule has 112 valence electrons. The second kappa shape index (κ2) is 5.75. The number of nitrogens with one attached hydrogen (secondary N) is 1. The number of benzene rings is 1. The Bertz CT molecular complexity index is 644. The third-order valence-corrected chi connectivity index (χ3v) is 5.63. The van der Waals surface area contributed by atoms with E-state index in [1.54, 1.807) is 0 Å². The number of halogens is 2. The van der Waals surface area contributed by atoms with Crippen molar-refractivity contribution in [3.63, 3.8) is 0 Å². The summed E-state index contributed by atoms with van der Waals surface area (Å²) in [4.78, 5) is 0. The van der Waals surface area contributed by atoms with Gasteiger partial charge < -0.3 is 5.32 Å². The highest BCUT2D eigenvalue weighted by atomic mass is 79.9. The molecule has 3 rings (SSSR count). The van der Waals surface area contributed by atoms with Crippen LogP contribution in [-0.2, 0) is 18.4 Å². The van der Waals surface area contributed by atoms with Gasteiger partial charge in [0.2, 0.25) is 0 Å². The average molecular weight is 369 g/mol. The summed E-state index contributed by atoms with van der Waals surface area (Å²) < 4.78 is 3.25. The molecular weight excluding hydrogens is 350 g/mol. The van der Waals surface area contributed by atoms with Crippen LogP contribution in [0.3, 0.4) is 0 Å². The van der Waals surface area contributed by atoms with E-state index >= 15 is 0 Å². The molecule has 1 aromatic heterocycles. The van der Waals surface area contributed by atoms with Crippen molar-refractivity contribution in [2.75, 3.05) is 13.1 Å². The zero-order chi connectivity index (χ0) is 15.0. The fraction of sp³-hybridized carbons (Fsp3) is 0.438. The molecule has 2 aromatic rings. The van der Waals surface area contributed by atoms with E-state index in [0.29, 0.717) is 0 Å². The number of aryl methyl sites for hydroxylation is 2. The standard InChI is InChI=1S/C16H19BrClN3/c1-3-21-14(15(17)11(2)20-21)8-16(9-19-10-16)12-4-6-13(18)7-5-12/h4-7,19H,3,8-10H2,1-2H3. The molecule has 1 aromatic carbocycles. The molecule has 5 heteroatoms. The summed E-state index contributed by atoms with van der Waals surface area (Å²) in [5.41, 5.74) is 3.84. The van der Waals surface area contributed by atoms with Crippen molar-refractivity contribution in [3.05, 3.63) is 50.7 Å². The molecule has 0 spiro atoms. The van der Waals surface area contributed by atoms with Gasteiger partial charge in [0, 0.05) is 36.5 Å². The van der Waals surface area contributed by atoms with Gasteiger partial charge >= 0.3 is 0 Å². The van der Waals surface area contributed by atoms with Crippen LogP contribution in [0, 0.1) is 6.92 Å². The summed E-state index contributed by atoms with van der Waals surface area (Å²) in [6.07, 6.45) is 0.983. The monoisotopic (exact) mass is 367 g/mol. The number of nitrogens with zero attached hydrogens (tertiary/aromatic N) is 2. The first kappa shape index (κ1) is 15.1. The molecule has 1 N–H and O–H groups in total. The topological polar surface area (TPSA) is 29.9 Å². The number of rotatable bonds is 4. The maximum absolute atomic E-state index is 6.02. The van der Waals surface area contributed by atoms with Crippen LogP contribution in [0.5, 0.6) is 0 Å². The number of hydrogen-bond acceptors (Lipinski definition) is 2. The van der Waals surface area contributed by atoms with E-state index in [1.807, 2.05) is 19.1 Å². The summed E-state index contributed by atoms with van der Waals surface area (Å²) in [5.74, 6) is 0. The Balaban J connectivity index is 1.96. The molecule has 3 nitrogen and oxygen atoms in total. The van der Waals surface area contributed by atoms with Gasteiger partial charge in [0.1, 0.15) is 0 Å². The van der Waals surface area contributed by atoms with Crippen molar-refractivity contribution in [2.24, 2.45) is 0 Å². The lowest BCUT2D eigenvalue weighted by Gasteiger charge is -2.43. The Kier molecular flexibility index (Phi) is 4.12. The zero-order valence-corrected chi connectivity index (χ0v) is 14.6. The Hall–Kier alpha value is -0.840. The number of hydrogen-bond donors (Lipinski definition) is 1. The molecule has 1 aliphatic rings. The molecule has 1 saturated heterocycles. The minimum Gasteiger partial charge on any atom is -0.315 e. The summed E-state index contributed by atoms with van der Waals surface area (Å²) in [5, 5.41) is 8.82. The van der Waals surface area contributed by atoms with Crippen LogP contribution in [0.4, 0.5) is 0 Å². The van der Waals surface area contributed by atoms with Crippen LogP contribution in [-0.4, -0.2) is 22.9 Å². The SMILES string of the molecule is CCn1nc(C)c(Br)c1CC1(c2ccc(Cl)cc2)CNC1. The van der Waals surface area contributed by atoms with E-state index in [1.165, 1.54) is 11.3 Å². The van der Waals surface area contributed by atoms with E-state index < -0.39 is 0 Å². The second-order valence-corrected chi connectivity index (χ2v) is 6.96. The van der Waals surface area contributed by atoms with Crippen LogP contribution >= 0.6 is 27.5 Å². The highest BCUT2D eigenvalue weighted by Crippen LogP contribution is 2.36. The van der Waals surface area contributed by atoms with Crippen LogP contribution in [0.15, 0.2) is 28.7 Å². The van der Waals surface area contributed by atoms with E-state index in [0.717, 1.165) is 41.2 Å². The predicted octanol–water partition coefficient (Wildman–Crippen LogP) is 3.71.